The van der Waals surface area contributed by atoms with Crippen LogP contribution in [0.5, 0.6) is 11.5 Å². The maximum absolute atomic E-state index is 10.9. The highest BCUT2D eigenvalue weighted by molar-refractivity contribution is 5.87. The summed E-state index contributed by atoms with van der Waals surface area (Å²) in [6.45, 7) is 4.39. The van der Waals surface area contributed by atoms with Gasteiger partial charge in [-0.05, 0) is 47.5 Å². The highest BCUT2D eigenvalue weighted by atomic mass is 16.5. The summed E-state index contributed by atoms with van der Waals surface area (Å²) >= 11 is 0. The predicted octanol–water partition coefficient (Wildman–Crippen LogP) is 5.50. The van der Waals surface area contributed by atoms with E-state index in [4.69, 9.17) is 9.84 Å². The molecule has 3 aromatic rings. The molecule has 0 aliphatic rings. The van der Waals surface area contributed by atoms with Crippen molar-refractivity contribution in [2.75, 3.05) is 0 Å². The Hall–Kier alpha value is -3.07. The van der Waals surface area contributed by atoms with Crippen LogP contribution in [0.1, 0.15) is 35.3 Å². The van der Waals surface area contributed by atoms with Crippen LogP contribution in [0, 0.1) is 0 Å². The largest absolute Gasteiger partial charge is 0.478 e. The zero-order valence-electron chi connectivity index (χ0n) is 14.3. The minimum atomic E-state index is -0.945. The van der Waals surface area contributed by atoms with Crippen molar-refractivity contribution in [1.29, 1.82) is 0 Å². The second-order valence-corrected chi connectivity index (χ2v) is 6.45. The highest BCUT2D eigenvalue weighted by Gasteiger charge is 2.22. The molecule has 3 rings (SSSR count). The molecule has 0 atom stereocenters. The Morgan fingerprint density at radius 3 is 1.76 bits per heavy atom. The fourth-order valence-electron chi connectivity index (χ4n) is 2.76. The van der Waals surface area contributed by atoms with Crippen molar-refractivity contribution < 1.29 is 14.6 Å². The maximum Gasteiger partial charge on any atom is 0.335 e. The van der Waals surface area contributed by atoms with Gasteiger partial charge in [0.15, 0.2) is 0 Å². The summed E-state index contributed by atoms with van der Waals surface area (Å²) in [4.78, 5) is 10.9. The number of rotatable bonds is 5. The fraction of sp³-hybridized carbons (Fsp3) is 0.136. The number of ether oxygens (including phenoxy) is 1. The lowest BCUT2D eigenvalue weighted by Crippen LogP contribution is -2.18. The van der Waals surface area contributed by atoms with E-state index in [9.17, 15) is 4.79 Å². The summed E-state index contributed by atoms with van der Waals surface area (Å²) in [6.07, 6.45) is 0. The van der Waals surface area contributed by atoms with Gasteiger partial charge in [0.25, 0.3) is 0 Å². The van der Waals surface area contributed by atoms with Gasteiger partial charge >= 0.3 is 5.97 Å². The van der Waals surface area contributed by atoms with Gasteiger partial charge in [0.2, 0.25) is 0 Å². The molecule has 0 amide bonds. The molecule has 0 radical (unpaired) electrons. The third kappa shape index (κ3) is 3.72. The van der Waals surface area contributed by atoms with Crippen LogP contribution in [0.3, 0.4) is 0 Å². The molecule has 0 aliphatic heterocycles. The summed E-state index contributed by atoms with van der Waals surface area (Å²) in [5.41, 5.74) is 2.61. The van der Waals surface area contributed by atoms with E-state index in [-0.39, 0.29) is 11.0 Å². The highest BCUT2D eigenvalue weighted by Crippen LogP contribution is 2.33. The Bertz CT molecular complexity index is 848. The van der Waals surface area contributed by atoms with Crippen LogP contribution in [0.15, 0.2) is 78.9 Å². The van der Waals surface area contributed by atoms with Crippen molar-refractivity contribution in [3.63, 3.8) is 0 Å². The van der Waals surface area contributed by atoms with Crippen LogP contribution < -0.4 is 4.74 Å². The average Bonchev–Trinajstić information content (AvgIpc) is 2.63. The summed E-state index contributed by atoms with van der Waals surface area (Å²) in [5.74, 6) is 0.384. The number of carbonyl (C=O) groups is 1. The van der Waals surface area contributed by atoms with Crippen LogP contribution in [0.4, 0.5) is 0 Å². The van der Waals surface area contributed by atoms with Gasteiger partial charge in [-0.25, -0.2) is 4.79 Å². The zero-order valence-corrected chi connectivity index (χ0v) is 14.3. The standard InChI is InChI=1S/C22H20O3/c1-22(2,17-6-4-3-5-7-17)18-10-14-20(15-11-18)25-19-12-8-16(9-13-19)21(23)24/h3-15H,1-2H3,(H,23,24). The van der Waals surface area contributed by atoms with E-state index in [2.05, 4.69) is 50.2 Å². The van der Waals surface area contributed by atoms with E-state index in [0.717, 1.165) is 5.75 Å². The Morgan fingerprint density at radius 2 is 1.24 bits per heavy atom. The molecule has 0 aliphatic carbocycles. The number of aromatic carboxylic acids is 1. The van der Waals surface area contributed by atoms with Gasteiger partial charge in [-0.15, -0.1) is 0 Å². The minimum absolute atomic E-state index is 0.0943. The summed E-state index contributed by atoms with van der Waals surface area (Å²) in [5, 5.41) is 8.93. The minimum Gasteiger partial charge on any atom is -0.478 e. The van der Waals surface area contributed by atoms with Crippen molar-refractivity contribution in [2.24, 2.45) is 0 Å². The Morgan fingerprint density at radius 1 is 0.760 bits per heavy atom. The van der Waals surface area contributed by atoms with Crippen LogP contribution >= 0.6 is 0 Å². The number of hydrogen-bond acceptors (Lipinski definition) is 2. The van der Waals surface area contributed by atoms with E-state index in [1.54, 1.807) is 12.1 Å². The third-order valence-electron chi connectivity index (χ3n) is 4.41. The summed E-state index contributed by atoms with van der Waals surface area (Å²) in [7, 11) is 0. The third-order valence-corrected chi connectivity index (χ3v) is 4.41. The van der Waals surface area contributed by atoms with Crippen molar-refractivity contribution in [1.82, 2.24) is 0 Å². The molecule has 0 aromatic heterocycles. The molecular formula is C22H20O3. The van der Waals surface area contributed by atoms with E-state index in [1.165, 1.54) is 23.3 Å². The van der Waals surface area contributed by atoms with Crippen LogP contribution in [-0.4, -0.2) is 11.1 Å². The van der Waals surface area contributed by atoms with Gasteiger partial charge in [0.1, 0.15) is 11.5 Å². The van der Waals surface area contributed by atoms with Crippen molar-refractivity contribution >= 4 is 5.97 Å². The van der Waals surface area contributed by atoms with Gasteiger partial charge < -0.3 is 9.84 Å². The van der Waals surface area contributed by atoms with Crippen molar-refractivity contribution in [3.05, 3.63) is 95.6 Å². The maximum atomic E-state index is 10.9. The summed E-state index contributed by atoms with van der Waals surface area (Å²) < 4.78 is 5.79. The molecule has 3 heteroatoms. The fourth-order valence-corrected chi connectivity index (χ4v) is 2.76. The van der Waals surface area contributed by atoms with E-state index < -0.39 is 5.97 Å². The molecule has 0 saturated heterocycles. The van der Waals surface area contributed by atoms with E-state index in [0.29, 0.717) is 5.75 Å². The smallest absolute Gasteiger partial charge is 0.335 e. The van der Waals surface area contributed by atoms with Crippen LogP contribution in [-0.2, 0) is 5.41 Å². The summed E-state index contributed by atoms with van der Waals surface area (Å²) in [6, 6.07) is 24.8. The number of carboxylic acids is 1. The first-order chi connectivity index (χ1) is 12.0. The number of hydrogen-bond donors (Lipinski definition) is 1. The number of benzene rings is 3. The zero-order chi connectivity index (χ0) is 17.9. The van der Waals surface area contributed by atoms with Crippen LogP contribution in [0.2, 0.25) is 0 Å². The van der Waals surface area contributed by atoms with Gasteiger partial charge in [-0.1, -0.05) is 56.3 Å². The molecule has 1 N–H and O–H groups in total. The molecule has 0 heterocycles. The monoisotopic (exact) mass is 332 g/mol. The lowest BCUT2D eigenvalue weighted by atomic mass is 9.78. The Labute approximate surface area is 147 Å². The van der Waals surface area contributed by atoms with Gasteiger partial charge in [-0.2, -0.15) is 0 Å². The first kappa shape index (κ1) is 16.8. The van der Waals surface area contributed by atoms with Crippen molar-refractivity contribution in [3.8, 4) is 11.5 Å². The average molecular weight is 332 g/mol. The molecule has 0 bridgehead atoms. The Balaban J connectivity index is 1.77. The van der Waals surface area contributed by atoms with Gasteiger partial charge in [0, 0.05) is 5.41 Å². The second kappa shape index (κ2) is 6.81. The van der Waals surface area contributed by atoms with Crippen LogP contribution in [0.25, 0.3) is 0 Å². The first-order valence-electron chi connectivity index (χ1n) is 8.14. The molecule has 3 aromatic carbocycles. The predicted molar refractivity (Wildman–Crippen MR) is 98.5 cm³/mol. The molecule has 0 fully saturated rings. The first-order valence-corrected chi connectivity index (χ1v) is 8.14. The molecule has 3 nitrogen and oxygen atoms in total. The molecule has 25 heavy (non-hydrogen) atoms. The molecule has 126 valence electrons. The quantitative estimate of drug-likeness (QED) is 0.671. The lowest BCUT2D eigenvalue weighted by molar-refractivity contribution is 0.0697. The molecule has 0 spiro atoms. The van der Waals surface area contributed by atoms with Gasteiger partial charge in [-0.3, -0.25) is 0 Å². The van der Waals surface area contributed by atoms with E-state index >= 15 is 0 Å². The SMILES string of the molecule is CC(C)(c1ccccc1)c1ccc(Oc2ccc(C(=O)O)cc2)cc1. The van der Waals surface area contributed by atoms with Crippen molar-refractivity contribution in [2.45, 2.75) is 19.3 Å². The van der Waals surface area contributed by atoms with E-state index in [1.807, 2.05) is 18.2 Å². The normalized spacial score (nSPS) is 11.1. The van der Waals surface area contributed by atoms with Gasteiger partial charge in [0.05, 0.1) is 5.56 Å². The molecular weight excluding hydrogens is 312 g/mol. The molecule has 0 unspecified atom stereocenters. The lowest BCUT2D eigenvalue weighted by Gasteiger charge is -2.26. The number of carboxylic acid groups (broad SMARTS) is 1. The topological polar surface area (TPSA) is 46.5 Å². The Kier molecular flexibility index (Phi) is 4.57. The molecule has 0 saturated carbocycles. The second-order valence-electron chi connectivity index (χ2n) is 6.45.